The monoisotopic (exact) mass is 281 g/mol. The van der Waals surface area contributed by atoms with E-state index in [4.69, 9.17) is 0 Å². The van der Waals surface area contributed by atoms with Gasteiger partial charge >= 0.3 is 0 Å². The van der Waals surface area contributed by atoms with Crippen LogP contribution in [0.2, 0.25) is 0 Å². The van der Waals surface area contributed by atoms with Gasteiger partial charge in [0.15, 0.2) is 0 Å². The number of hydrogen-bond donors (Lipinski definition) is 1. The molecule has 4 nitrogen and oxygen atoms in total. The zero-order valence-corrected chi connectivity index (χ0v) is 13.8. The van der Waals surface area contributed by atoms with Crippen molar-refractivity contribution in [1.82, 2.24) is 14.7 Å². The Morgan fingerprint density at radius 2 is 1.85 bits per heavy atom. The average Bonchev–Trinajstić information content (AvgIpc) is 2.87. The molecule has 0 aliphatic rings. The first-order valence-corrected chi connectivity index (χ1v) is 7.95. The molecule has 0 aliphatic heterocycles. The van der Waals surface area contributed by atoms with Crippen LogP contribution in [0.1, 0.15) is 52.7 Å². The van der Waals surface area contributed by atoms with Crippen LogP contribution in [0, 0.1) is 0 Å². The highest BCUT2D eigenvalue weighted by Gasteiger charge is 2.38. The molecule has 0 bridgehead atoms. The van der Waals surface area contributed by atoms with Crippen LogP contribution in [0.15, 0.2) is 12.3 Å². The van der Waals surface area contributed by atoms with Crippen LogP contribution in [-0.2, 0) is 13.5 Å². The molecule has 0 aromatic carbocycles. The second-order valence-corrected chi connectivity index (χ2v) is 5.48. The van der Waals surface area contributed by atoms with E-state index in [0.29, 0.717) is 0 Å². The second-order valence-electron chi connectivity index (χ2n) is 5.48. The normalized spacial score (nSPS) is 13.9. The number of hydrogen-bond acceptors (Lipinski definition) is 3. The number of aliphatic hydroxyl groups is 1. The largest absolute Gasteiger partial charge is 0.391 e. The van der Waals surface area contributed by atoms with Gasteiger partial charge in [-0.2, -0.15) is 5.10 Å². The quantitative estimate of drug-likeness (QED) is 0.756. The Bertz CT molecular complexity index is 381. The van der Waals surface area contributed by atoms with Crippen molar-refractivity contribution in [1.29, 1.82) is 0 Å². The van der Waals surface area contributed by atoms with Gasteiger partial charge in [0.2, 0.25) is 0 Å². The molecular weight excluding hydrogens is 250 g/mol. The van der Waals surface area contributed by atoms with Crippen LogP contribution in [0.4, 0.5) is 0 Å². The lowest BCUT2D eigenvalue weighted by molar-refractivity contribution is -0.0383. The lowest BCUT2D eigenvalue weighted by Crippen LogP contribution is -2.56. The summed E-state index contributed by atoms with van der Waals surface area (Å²) in [7, 11) is 1.96. The van der Waals surface area contributed by atoms with E-state index in [9.17, 15) is 5.11 Å². The van der Waals surface area contributed by atoms with E-state index >= 15 is 0 Å². The Balaban J connectivity index is 2.78. The minimum Gasteiger partial charge on any atom is -0.391 e. The van der Waals surface area contributed by atoms with E-state index in [0.717, 1.165) is 38.8 Å². The summed E-state index contributed by atoms with van der Waals surface area (Å²) in [5.74, 6) is 0. The van der Waals surface area contributed by atoms with Crippen molar-refractivity contribution in [3.63, 3.8) is 0 Å². The summed E-state index contributed by atoms with van der Waals surface area (Å²) in [6.45, 7) is 10.7. The predicted molar refractivity (Wildman–Crippen MR) is 83.8 cm³/mol. The molecule has 0 saturated heterocycles. The van der Waals surface area contributed by atoms with Crippen LogP contribution >= 0.6 is 0 Å². The maximum atomic E-state index is 10.8. The Morgan fingerprint density at radius 1 is 1.25 bits per heavy atom. The molecule has 0 saturated carbocycles. The number of rotatable bonds is 9. The summed E-state index contributed by atoms with van der Waals surface area (Å²) < 4.78 is 1.89. The minimum absolute atomic E-state index is 0.0951. The molecule has 1 rings (SSSR count). The Kier molecular flexibility index (Phi) is 6.69. The number of aliphatic hydroxyl groups excluding tert-OH is 1. The summed E-state index contributed by atoms with van der Waals surface area (Å²) in [5, 5.41) is 15.0. The summed E-state index contributed by atoms with van der Waals surface area (Å²) in [6, 6.07) is 2.03. The molecule has 1 unspecified atom stereocenters. The molecule has 0 radical (unpaired) electrons. The van der Waals surface area contributed by atoms with E-state index in [2.05, 4.69) is 37.7 Å². The number of aryl methyl sites for hydroxylation is 2. The van der Waals surface area contributed by atoms with Gasteiger partial charge in [0.1, 0.15) is 0 Å². The van der Waals surface area contributed by atoms with Gasteiger partial charge in [0.25, 0.3) is 0 Å². The fourth-order valence-electron chi connectivity index (χ4n) is 3.43. The summed E-state index contributed by atoms with van der Waals surface area (Å²) in [6.07, 6.45) is 5.15. The molecule has 0 amide bonds. The molecule has 0 spiro atoms. The SMILES string of the molecule is CCN(CC)C(CC)(CC)C(O)CCc1ccnn1C. The molecule has 0 aliphatic carbocycles. The predicted octanol–water partition coefficient (Wildman–Crippen LogP) is 2.61. The molecule has 0 fully saturated rings. The van der Waals surface area contributed by atoms with E-state index < -0.39 is 0 Å². The van der Waals surface area contributed by atoms with Crippen molar-refractivity contribution in [3.05, 3.63) is 18.0 Å². The highest BCUT2D eigenvalue weighted by atomic mass is 16.3. The topological polar surface area (TPSA) is 41.3 Å². The maximum absolute atomic E-state index is 10.8. The minimum atomic E-state index is -0.299. The van der Waals surface area contributed by atoms with Gasteiger partial charge in [0, 0.05) is 24.5 Å². The summed E-state index contributed by atoms with van der Waals surface area (Å²) >= 11 is 0. The molecule has 1 atom stereocenters. The zero-order chi connectivity index (χ0) is 15.2. The van der Waals surface area contributed by atoms with Crippen LogP contribution in [0.5, 0.6) is 0 Å². The van der Waals surface area contributed by atoms with Crippen molar-refractivity contribution in [2.45, 2.75) is 65.0 Å². The molecule has 116 valence electrons. The molecule has 1 heterocycles. The third kappa shape index (κ3) is 3.41. The third-order valence-corrected chi connectivity index (χ3v) is 4.83. The van der Waals surface area contributed by atoms with Gasteiger partial charge < -0.3 is 5.11 Å². The maximum Gasteiger partial charge on any atom is 0.0727 e. The average molecular weight is 281 g/mol. The van der Waals surface area contributed by atoms with E-state index in [-0.39, 0.29) is 11.6 Å². The first-order valence-electron chi connectivity index (χ1n) is 7.95. The zero-order valence-electron chi connectivity index (χ0n) is 13.8. The van der Waals surface area contributed by atoms with Crippen molar-refractivity contribution in [2.24, 2.45) is 7.05 Å². The van der Waals surface area contributed by atoms with Crippen molar-refractivity contribution in [3.8, 4) is 0 Å². The highest BCUT2D eigenvalue weighted by Crippen LogP contribution is 2.30. The molecule has 1 aromatic heterocycles. The number of nitrogens with zero attached hydrogens (tertiary/aromatic N) is 3. The fourth-order valence-corrected chi connectivity index (χ4v) is 3.43. The molecule has 1 N–H and O–H groups in total. The molecule has 4 heteroatoms. The van der Waals surface area contributed by atoms with Gasteiger partial charge in [-0.05, 0) is 44.8 Å². The van der Waals surface area contributed by atoms with Gasteiger partial charge in [-0.25, -0.2) is 0 Å². The standard InChI is InChI=1S/C16H31N3O/c1-6-16(7-2,19(8-3)9-4)15(20)11-10-14-12-13-17-18(14)5/h12-13,15,20H,6-11H2,1-5H3. The Morgan fingerprint density at radius 3 is 2.25 bits per heavy atom. The lowest BCUT2D eigenvalue weighted by Gasteiger charge is -2.46. The second kappa shape index (κ2) is 7.79. The van der Waals surface area contributed by atoms with Crippen molar-refractivity contribution < 1.29 is 5.11 Å². The third-order valence-electron chi connectivity index (χ3n) is 4.83. The van der Waals surface area contributed by atoms with Crippen LogP contribution in [-0.4, -0.2) is 44.5 Å². The van der Waals surface area contributed by atoms with Crippen molar-refractivity contribution in [2.75, 3.05) is 13.1 Å². The fraction of sp³-hybridized carbons (Fsp3) is 0.812. The number of likely N-dealkylation sites (N-methyl/N-ethyl adjacent to an activating group) is 1. The van der Waals surface area contributed by atoms with E-state index in [1.54, 1.807) is 0 Å². The summed E-state index contributed by atoms with van der Waals surface area (Å²) in [5.41, 5.74) is 1.09. The van der Waals surface area contributed by atoms with Crippen molar-refractivity contribution >= 4 is 0 Å². The Hall–Kier alpha value is -0.870. The molecule has 20 heavy (non-hydrogen) atoms. The highest BCUT2D eigenvalue weighted by molar-refractivity contribution is 5.02. The lowest BCUT2D eigenvalue weighted by atomic mass is 9.82. The van der Waals surface area contributed by atoms with E-state index in [1.165, 1.54) is 5.69 Å². The number of aromatic nitrogens is 2. The first kappa shape index (κ1) is 17.2. The summed E-state index contributed by atoms with van der Waals surface area (Å²) in [4.78, 5) is 2.42. The van der Waals surface area contributed by atoms with Crippen LogP contribution in [0.3, 0.4) is 0 Å². The van der Waals surface area contributed by atoms with Crippen LogP contribution in [0.25, 0.3) is 0 Å². The van der Waals surface area contributed by atoms with Gasteiger partial charge in [-0.1, -0.05) is 27.7 Å². The van der Waals surface area contributed by atoms with Crippen LogP contribution < -0.4 is 0 Å². The first-order chi connectivity index (χ1) is 9.55. The van der Waals surface area contributed by atoms with Gasteiger partial charge in [-0.3, -0.25) is 9.58 Å². The van der Waals surface area contributed by atoms with Gasteiger partial charge in [-0.15, -0.1) is 0 Å². The van der Waals surface area contributed by atoms with E-state index in [1.807, 2.05) is 24.0 Å². The smallest absolute Gasteiger partial charge is 0.0727 e. The Labute approximate surface area is 123 Å². The molecule has 1 aromatic rings. The van der Waals surface area contributed by atoms with Gasteiger partial charge in [0.05, 0.1) is 6.10 Å². The molecular formula is C16H31N3O.